The zero-order chi connectivity index (χ0) is 8.67. The van der Waals surface area contributed by atoms with Gasteiger partial charge >= 0.3 is 0 Å². The van der Waals surface area contributed by atoms with Crippen LogP contribution in [-0.4, -0.2) is 28.7 Å². The van der Waals surface area contributed by atoms with Crippen LogP contribution in [0.15, 0.2) is 12.5 Å². The van der Waals surface area contributed by atoms with Crippen molar-refractivity contribution in [1.82, 2.24) is 15.3 Å². The van der Waals surface area contributed by atoms with E-state index in [2.05, 4.69) is 25.9 Å². The van der Waals surface area contributed by atoms with Gasteiger partial charge in [-0.05, 0) is 13.0 Å². The molecule has 1 fully saturated rings. The highest BCUT2D eigenvalue weighted by Gasteiger charge is 2.31. The van der Waals surface area contributed by atoms with Crippen LogP contribution in [0.1, 0.15) is 6.42 Å². The summed E-state index contributed by atoms with van der Waals surface area (Å²) in [5.74, 6) is 0.917. The van der Waals surface area contributed by atoms with Gasteiger partial charge in [-0.15, -0.1) is 0 Å². The first-order chi connectivity index (χ1) is 6.43. The number of fused-ring (bicyclic) bond motifs is 2. The molecule has 1 saturated heterocycles. The second kappa shape index (κ2) is 2.56. The average Bonchev–Trinajstić information content (AvgIpc) is 2.61. The summed E-state index contributed by atoms with van der Waals surface area (Å²) >= 11 is 0. The van der Waals surface area contributed by atoms with Gasteiger partial charge in [-0.2, -0.15) is 0 Å². The first-order valence-electron chi connectivity index (χ1n) is 4.50. The number of anilines is 2. The Morgan fingerprint density at radius 1 is 1.38 bits per heavy atom. The lowest BCUT2D eigenvalue weighted by atomic mass is 10.1. The van der Waals surface area contributed by atoms with Gasteiger partial charge in [0.1, 0.15) is 6.33 Å². The smallest absolute Gasteiger partial charge is 0.153 e. The molecule has 0 spiro atoms. The molecule has 0 aromatic carbocycles. The molecule has 1 aromatic heterocycles. The van der Waals surface area contributed by atoms with E-state index in [1.165, 1.54) is 0 Å². The number of aromatic nitrogens is 2. The number of hydrogen-bond acceptors (Lipinski definition) is 5. The van der Waals surface area contributed by atoms with Gasteiger partial charge in [0, 0.05) is 0 Å². The monoisotopic (exact) mass is 177 g/mol. The molecule has 68 valence electrons. The Kier molecular flexibility index (Phi) is 1.40. The maximum Gasteiger partial charge on any atom is 0.153 e. The Morgan fingerprint density at radius 2 is 2.38 bits per heavy atom. The standard InChI is InChI=1S/C8H11N5/c1-2-10-7-5(1)12-8-6(13-7)3-9-4-11-8/h3-5,7,10,13H,1-2H2,(H,9,11,12). The largest absolute Gasteiger partial charge is 0.364 e. The summed E-state index contributed by atoms with van der Waals surface area (Å²) in [6, 6.07) is 0.461. The van der Waals surface area contributed by atoms with Gasteiger partial charge in [-0.3, -0.25) is 5.32 Å². The molecule has 0 aliphatic carbocycles. The van der Waals surface area contributed by atoms with E-state index in [1.807, 2.05) is 0 Å². The highest BCUT2D eigenvalue weighted by Crippen LogP contribution is 2.26. The molecule has 2 unspecified atom stereocenters. The van der Waals surface area contributed by atoms with Crippen LogP contribution in [0.2, 0.25) is 0 Å². The van der Waals surface area contributed by atoms with E-state index in [0.717, 1.165) is 24.5 Å². The van der Waals surface area contributed by atoms with Crippen LogP contribution in [0.5, 0.6) is 0 Å². The Labute approximate surface area is 76.0 Å². The van der Waals surface area contributed by atoms with Crippen molar-refractivity contribution in [1.29, 1.82) is 0 Å². The Bertz CT molecular complexity index is 295. The minimum atomic E-state index is 0.332. The van der Waals surface area contributed by atoms with Crippen molar-refractivity contribution in [2.75, 3.05) is 17.2 Å². The molecule has 0 amide bonds. The summed E-state index contributed by atoms with van der Waals surface area (Å²) in [4.78, 5) is 8.14. The van der Waals surface area contributed by atoms with Crippen molar-refractivity contribution in [2.24, 2.45) is 0 Å². The predicted molar refractivity (Wildman–Crippen MR) is 49.5 cm³/mol. The third-order valence-corrected chi connectivity index (χ3v) is 2.57. The van der Waals surface area contributed by atoms with E-state index in [4.69, 9.17) is 0 Å². The maximum atomic E-state index is 4.17. The summed E-state index contributed by atoms with van der Waals surface area (Å²) < 4.78 is 0. The predicted octanol–water partition coefficient (Wildman–Crippen LogP) is 0.00200. The second-order valence-electron chi connectivity index (χ2n) is 3.40. The van der Waals surface area contributed by atoms with Gasteiger partial charge in [0.05, 0.1) is 24.1 Å². The van der Waals surface area contributed by atoms with E-state index in [0.29, 0.717) is 12.2 Å². The second-order valence-corrected chi connectivity index (χ2v) is 3.40. The molecule has 3 N–H and O–H groups in total. The van der Waals surface area contributed by atoms with Gasteiger partial charge in [-0.1, -0.05) is 0 Å². The number of rotatable bonds is 0. The third-order valence-electron chi connectivity index (χ3n) is 2.57. The molecular formula is C8H11N5. The molecule has 0 saturated carbocycles. The quantitative estimate of drug-likeness (QED) is 0.521. The SMILES string of the molecule is c1ncc2c(n1)NC1CCNC1N2. The van der Waals surface area contributed by atoms with Crippen LogP contribution in [0.25, 0.3) is 0 Å². The first-order valence-corrected chi connectivity index (χ1v) is 4.50. The lowest BCUT2D eigenvalue weighted by Gasteiger charge is -2.29. The zero-order valence-corrected chi connectivity index (χ0v) is 7.12. The van der Waals surface area contributed by atoms with Crippen molar-refractivity contribution < 1.29 is 0 Å². The van der Waals surface area contributed by atoms with E-state index < -0.39 is 0 Å². The molecule has 5 heteroatoms. The van der Waals surface area contributed by atoms with Crippen molar-refractivity contribution in [3.63, 3.8) is 0 Å². The molecule has 3 heterocycles. The van der Waals surface area contributed by atoms with Crippen molar-refractivity contribution in [3.05, 3.63) is 12.5 Å². The van der Waals surface area contributed by atoms with E-state index in [-0.39, 0.29) is 0 Å². The molecule has 5 nitrogen and oxygen atoms in total. The van der Waals surface area contributed by atoms with Gasteiger partial charge in [0.15, 0.2) is 5.82 Å². The molecule has 2 atom stereocenters. The molecule has 2 aliphatic heterocycles. The summed E-state index contributed by atoms with van der Waals surface area (Å²) in [6.07, 6.45) is 4.83. The van der Waals surface area contributed by atoms with Crippen molar-refractivity contribution in [2.45, 2.75) is 18.6 Å². The molecule has 2 aliphatic rings. The van der Waals surface area contributed by atoms with E-state index in [9.17, 15) is 0 Å². The van der Waals surface area contributed by atoms with Crippen LogP contribution in [0, 0.1) is 0 Å². The molecule has 3 rings (SSSR count). The fourth-order valence-electron chi connectivity index (χ4n) is 1.90. The molecule has 1 aromatic rings. The molecular weight excluding hydrogens is 166 g/mol. The van der Waals surface area contributed by atoms with Crippen LogP contribution in [0.4, 0.5) is 11.5 Å². The van der Waals surface area contributed by atoms with Crippen molar-refractivity contribution in [3.8, 4) is 0 Å². The van der Waals surface area contributed by atoms with E-state index in [1.54, 1.807) is 12.5 Å². The van der Waals surface area contributed by atoms with Crippen LogP contribution in [0.3, 0.4) is 0 Å². The minimum absolute atomic E-state index is 0.332. The summed E-state index contributed by atoms with van der Waals surface area (Å²) in [7, 11) is 0. The number of nitrogens with one attached hydrogen (secondary N) is 3. The fourth-order valence-corrected chi connectivity index (χ4v) is 1.90. The summed E-state index contributed by atoms with van der Waals surface area (Å²) in [5, 5.41) is 10.1. The summed E-state index contributed by atoms with van der Waals surface area (Å²) in [6.45, 7) is 1.05. The van der Waals surface area contributed by atoms with Gasteiger partial charge < -0.3 is 10.6 Å². The lowest BCUT2D eigenvalue weighted by Crippen LogP contribution is -2.45. The Balaban J connectivity index is 1.97. The van der Waals surface area contributed by atoms with Gasteiger partial charge in [-0.25, -0.2) is 9.97 Å². The summed E-state index contributed by atoms with van der Waals surface area (Å²) in [5.41, 5.74) is 0.984. The van der Waals surface area contributed by atoms with Gasteiger partial charge in [0.25, 0.3) is 0 Å². The molecule has 0 bridgehead atoms. The molecule has 0 radical (unpaired) electrons. The van der Waals surface area contributed by atoms with Crippen LogP contribution in [-0.2, 0) is 0 Å². The third kappa shape index (κ3) is 1.04. The molecule has 13 heavy (non-hydrogen) atoms. The first kappa shape index (κ1) is 7.08. The normalized spacial score (nSPS) is 29.8. The minimum Gasteiger partial charge on any atom is -0.364 e. The van der Waals surface area contributed by atoms with Crippen LogP contribution < -0.4 is 16.0 Å². The highest BCUT2D eigenvalue weighted by molar-refractivity contribution is 5.66. The highest BCUT2D eigenvalue weighted by atomic mass is 15.3. The lowest BCUT2D eigenvalue weighted by molar-refractivity contribution is 0.613. The Morgan fingerprint density at radius 3 is 3.38 bits per heavy atom. The number of hydrogen-bond donors (Lipinski definition) is 3. The van der Waals surface area contributed by atoms with Crippen molar-refractivity contribution >= 4 is 11.5 Å². The maximum absolute atomic E-state index is 4.17. The Hall–Kier alpha value is -1.36. The van der Waals surface area contributed by atoms with Crippen LogP contribution >= 0.6 is 0 Å². The average molecular weight is 177 g/mol. The zero-order valence-electron chi connectivity index (χ0n) is 7.12. The van der Waals surface area contributed by atoms with E-state index >= 15 is 0 Å². The topological polar surface area (TPSA) is 61.9 Å². The number of nitrogens with zero attached hydrogens (tertiary/aromatic N) is 2. The van der Waals surface area contributed by atoms with Gasteiger partial charge in [0.2, 0.25) is 0 Å². The fraction of sp³-hybridized carbons (Fsp3) is 0.500.